The standard InChI is InChI=1S/C28H33NO2/c1-5-27(22-8-6-21(7-9-22)20(2)3)28(23-10-14-25(30)15-11-23)24-12-16-26(17-13-24)31-19-18-29-4/h6-17,20,29-30H,5,18-19H2,1-4H3/b28-27-. The minimum absolute atomic E-state index is 0.274. The summed E-state index contributed by atoms with van der Waals surface area (Å²) >= 11 is 0. The lowest BCUT2D eigenvalue weighted by Crippen LogP contribution is -2.15. The van der Waals surface area contributed by atoms with E-state index in [-0.39, 0.29) is 5.75 Å². The van der Waals surface area contributed by atoms with E-state index in [0.29, 0.717) is 12.5 Å². The van der Waals surface area contributed by atoms with Crippen LogP contribution in [0.25, 0.3) is 11.1 Å². The van der Waals surface area contributed by atoms with Crippen LogP contribution < -0.4 is 10.1 Å². The van der Waals surface area contributed by atoms with Gasteiger partial charge in [0.15, 0.2) is 0 Å². The van der Waals surface area contributed by atoms with Gasteiger partial charge in [-0.1, -0.05) is 69.3 Å². The number of aromatic hydroxyl groups is 1. The number of ether oxygens (including phenoxy) is 1. The summed E-state index contributed by atoms with van der Waals surface area (Å²) in [6.07, 6.45) is 0.900. The van der Waals surface area contributed by atoms with Crippen molar-refractivity contribution in [3.05, 3.63) is 95.1 Å². The van der Waals surface area contributed by atoms with Gasteiger partial charge in [0, 0.05) is 6.54 Å². The Morgan fingerprint density at radius 3 is 1.90 bits per heavy atom. The average Bonchev–Trinajstić information content (AvgIpc) is 2.79. The van der Waals surface area contributed by atoms with Crippen molar-refractivity contribution in [2.75, 3.05) is 20.2 Å². The van der Waals surface area contributed by atoms with Gasteiger partial charge in [-0.05, 0) is 77.1 Å². The summed E-state index contributed by atoms with van der Waals surface area (Å²) in [5.74, 6) is 1.65. The number of likely N-dealkylation sites (N-methyl/N-ethyl adjacent to an activating group) is 1. The highest BCUT2D eigenvalue weighted by atomic mass is 16.5. The minimum Gasteiger partial charge on any atom is -0.508 e. The number of hydrogen-bond donors (Lipinski definition) is 2. The van der Waals surface area contributed by atoms with Crippen molar-refractivity contribution >= 4 is 11.1 Å². The third-order valence-electron chi connectivity index (χ3n) is 5.50. The van der Waals surface area contributed by atoms with Crippen LogP contribution in [-0.4, -0.2) is 25.3 Å². The lowest BCUT2D eigenvalue weighted by molar-refractivity contribution is 0.318. The summed E-state index contributed by atoms with van der Waals surface area (Å²) in [6, 6.07) is 24.7. The topological polar surface area (TPSA) is 41.5 Å². The highest BCUT2D eigenvalue weighted by Crippen LogP contribution is 2.36. The van der Waals surface area contributed by atoms with E-state index in [1.165, 1.54) is 22.3 Å². The first-order valence-electron chi connectivity index (χ1n) is 11.0. The molecule has 0 heterocycles. The first-order valence-corrected chi connectivity index (χ1v) is 11.0. The normalized spacial score (nSPS) is 12.0. The van der Waals surface area contributed by atoms with Gasteiger partial charge in [0.2, 0.25) is 0 Å². The molecule has 0 aromatic heterocycles. The third kappa shape index (κ3) is 5.77. The van der Waals surface area contributed by atoms with Crippen LogP contribution in [0.2, 0.25) is 0 Å². The van der Waals surface area contributed by atoms with E-state index in [4.69, 9.17) is 4.74 Å². The Morgan fingerprint density at radius 2 is 1.39 bits per heavy atom. The van der Waals surface area contributed by atoms with Gasteiger partial charge in [-0.2, -0.15) is 0 Å². The molecular weight excluding hydrogens is 382 g/mol. The Balaban J connectivity index is 2.07. The molecule has 0 fully saturated rings. The molecule has 0 radical (unpaired) electrons. The summed E-state index contributed by atoms with van der Waals surface area (Å²) in [7, 11) is 1.92. The number of nitrogens with one attached hydrogen (secondary N) is 1. The molecule has 0 saturated heterocycles. The van der Waals surface area contributed by atoms with E-state index >= 15 is 0 Å². The van der Waals surface area contributed by atoms with Gasteiger partial charge in [-0.15, -0.1) is 0 Å². The first kappa shape index (κ1) is 22.6. The Kier molecular flexibility index (Phi) is 7.91. The van der Waals surface area contributed by atoms with Crippen molar-refractivity contribution < 1.29 is 9.84 Å². The average molecular weight is 416 g/mol. The fourth-order valence-electron chi connectivity index (χ4n) is 3.73. The predicted octanol–water partition coefficient (Wildman–Crippen LogP) is 6.48. The second-order valence-corrected chi connectivity index (χ2v) is 8.01. The zero-order chi connectivity index (χ0) is 22.2. The SMILES string of the molecule is CC/C(=C(\c1ccc(O)cc1)c1ccc(OCCNC)cc1)c1ccc(C(C)C)cc1. The number of allylic oxidation sites excluding steroid dienone is 1. The van der Waals surface area contributed by atoms with Crippen LogP contribution in [-0.2, 0) is 0 Å². The molecule has 162 valence electrons. The maximum Gasteiger partial charge on any atom is 0.119 e. The Morgan fingerprint density at radius 1 is 0.839 bits per heavy atom. The summed E-state index contributed by atoms with van der Waals surface area (Å²) < 4.78 is 5.80. The second kappa shape index (κ2) is 10.8. The van der Waals surface area contributed by atoms with E-state index in [9.17, 15) is 5.11 Å². The number of hydrogen-bond acceptors (Lipinski definition) is 3. The van der Waals surface area contributed by atoms with Gasteiger partial charge in [0.05, 0.1) is 0 Å². The molecule has 3 nitrogen and oxygen atoms in total. The molecule has 3 aromatic carbocycles. The smallest absolute Gasteiger partial charge is 0.119 e. The predicted molar refractivity (Wildman–Crippen MR) is 131 cm³/mol. The van der Waals surface area contributed by atoms with Gasteiger partial charge < -0.3 is 15.2 Å². The summed E-state index contributed by atoms with van der Waals surface area (Å²) in [4.78, 5) is 0. The van der Waals surface area contributed by atoms with E-state index in [0.717, 1.165) is 29.8 Å². The zero-order valence-corrected chi connectivity index (χ0v) is 19.0. The molecule has 0 amide bonds. The molecule has 3 aromatic rings. The Hall–Kier alpha value is -3.04. The van der Waals surface area contributed by atoms with Crippen molar-refractivity contribution in [3.63, 3.8) is 0 Å². The summed E-state index contributed by atoms with van der Waals surface area (Å²) in [5, 5.41) is 12.9. The van der Waals surface area contributed by atoms with Crippen molar-refractivity contribution in [2.45, 2.75) is 33.1 Å². The van der Waals surface area contributed by atoms with Crippen LogP contribution in [0.15, 0.2) is 72.8 Å². The van der Waals surface area contributed by atoms with Gasteiger partial charge >= 0.3 is 0 Å². The fourth-order valence-corrected chi connectivity index (χ4v) is 3.73. The van der Waals surface area contributed by atoms with Gasteiger partial charge in [-0.25, -0.2) is 0 Å². The molecule has 0 aliphatic rings. The van der Waals surface area contributed by atoms with E-state index < -0.39 is 0 Å². The van der Waals surface area contributed by atoms with Gasteiger partial charge in [0.1, 0.15) is 18.1 Å². The zero-order valence-electron chi connectivity index (χ0n) is 19.0. The molecule has 0 atom stereocenters. The van der Waals surface area contributed by atoms with E-state index in [1.807, 2.05) is 31.3 Å². The van der Waals surface area contributed by atoms with Crippen LogP contribution in [0.4, 0.5) is 0 Å². The number of benzene rings is 3. The Labute approximate surface area is 186 Å². The minimum atomic E-state index is 0.274. The molecule has 2 N–H and O–H groups in total. The number of phenols is 1. The van der Waals surface area contributed by atoms with Gasteiger partial charge in [-0.3, -0.25) is 0 Å². The molecule has 0 bridgehead atoms. The highest BCUT2D eigenvalue weighted by Gasteiger charge is 2.14. The summed E-state index contributed by atoms with van der Waals surface area (Å²) in [6.45, 7) is 8.08. The van der Waals surface area contributed by atoms with Crippen molar-refractivity contribution in [1.29, 1.82) is 0 Å². The van der Waals surface area contributed by atoms with Crippen LogP contribution in [0.3, 0.4) is 0 Å². The van der Waals surface area contributed by atoms with Crippen LogP contribution in [0.1, 0.15) is 55.4 Å². The van der Waals surface area contributed by atoms with Crippen LogP contribution >= 0.6 is 0 Å². The van der Waals surface area contributed by atoms with Crippen molar-refractivity contribution in [3.8, 4) is 11.5 Å². The molecule has 0 saturated carbocycles. The van der Waals surface area contributed by atoms with Crippen LogP contribution in [0, 0.1) is 0 Å². The molecule has 0 aliphatic heterocycles. The lowest BCUT2D eigenvalue weighted by atomic mass is 9.87. The van der Waals surface area contributed by atoms with Gasteiger partial charge in [0.25, 0.3) is 0 Å². The molecule has 31 heavy (non-hydrogen) atoms. The number of phenolic OH excluding ortho intramolecular Hbond substituents is 1. The van der Waals surface area contributed by atoms with Crippen molar-refractivity contribution in [1.82, 2.24) is 5.32 Å². The second-order valence-electron chi connectivity index (χ2n) is 8.01. The number of rotatable bonds is 9. The fraction of sp³-hybridized carbons (Fsp3) is 0.286. The van der Waals surface area contributed by atoms with Crippen molar-refractivity contribution in [2.24, 2.45) is 0 Å². The highest BCUT2D eigenvalue weighted by molar-refractivity contribution is 5.98. The molecule has 0 aliphatic carbocycles. The first-order chi connectivity index (χ1) is 15.0. The molecular formula is C28H33NO2. The maximum absolute atomic E-state index is 9.81. The molecule has 0 unspecified atom stereocenters. The van der Waals surface area contributed by atoms with E-state index in [2.05, 4.69) is 62.5 Å². The maximum atomic E-state index is 9.81. The molecule has 3 heteroatoms. The third-order valence-corrected chi connectivity index (χ3v) is 5.50. The monoisotopic (exact) mass is 415 g/mol. The molecule has 3 rings (SSSR count). The largest absolute Gasteiger partial charge is 0.508 e. The van der Waals surface area contributed by atoms with E-state index in [1.54, 1.807) is 12.1 Å². The summed E-state index contributed by atoms with van der Waals surface area (Å²) in [5.41, 5.74) is 7.26. The quantitative estimate of drug-likeness (QED) is 0.310. The lowest BCUT2D eigenvalue weighted by Gasteiger charge is -2.17. The van der Waals surface area contributed by atoms with Crippen LogP contribution in [0.5, 0.6) is 11.5 Å². The molecule has 0 spiro atoms. The Bertz CT molecular complexity index is 985.